The van der Waals surface area contributed by atoms with E-state index in [0.29, 0.717) is 0 Å². The van der Waals surface area contributed by atoms with Crippen LogP contribution in [0.3, 0.4) is 0 Å². The Hall–Kier alpha value is -1.22. The number of aryl methyl sites for hydroxylation is 3. The molecule has 0 aliphatic carbocycles. The van der Waals surface area contributed by atoms with Gasteiger partial charge in [-0.05, 0) is 32.9 Å². The molecule has 0 bridgehead atoms. The molecule has 0 spiro atoms. The summed E-state index contributed by atoms with van der Waals surface area (Å²) in [7, 11) is 0. The summed E-state index contributed by atoms with van der Waals surface area (Å²) in [6.07, 6.45) is 1.88. The molecule has 72 valence electrons. The average molecular weight is 204 g/mol. The van der Waals surface area contributed by atoms with Gasteiger partial charge in [0.2, 0.25) is 0 Å². The third kappa shape index (κ3) is 1.68. The Bertz CT molecular complexity index is 423. The number of thiazole rings is 1. The summed E-state index contributed by atoms with van der Waals surface area (Å²) in [5, 5.41) is 1.06. The molecule has 0 saturated carbocycles. The van der Waals surface area contributed by atoms with Gasteiger partial charge in [0.1, 0.15) is 5.01 Å². The fourth-order valence-electron chi connectivity index (χ4n) is 1.19. The molecular formula is C11H12N2S. The van der Waals surface area contributed by atoms with Gasteiger partial charge in [-0.3, -0.25) is 4.98 Å². The first-order valence-corrected chi connectivity index (χ1v) is 5.35. The van der Waals surface area contributed by atoms with Gasteiger partial charge < -0.3 is 0 Å². The van der Waals surface area contributed by atoms with Gasteiger partial charge in [0, 0.05) is 22.3 Å². The van der Waals surface area contributed by atoms with E-state index in [2.05, 4.69) is 23.0 Å². The van der Waals surface area contributed by atoms with Crippen molar-refractivity contribution in [2.75, 3.05) is 0 Å². The van der Waals surface area contributed by atoms with Gasteiger partial charge >= 0.3 is 0 Å². The third-order valence-electron chi connectivity index (χ3n) is 2.19. The van der Waals surface area contributed by atoms with E-state index in [1.54, 1.807) is 11.3 Å². The predicted molar refractivity (Wildman–Crippen MR) is 59.6 cm³/mol. The second-order valence-corrected chi connectivity index (χ2v) is 4.55. The Balaban J connectivity index is 2.44. The summed E-state index contributed by atoms with van der Waals surface area (Å²) in [5.74, 6) is 0. The van der Waals surface area contributed by atoms with Crippen LogP contribution in [0, 0.1) is 20.8 Å². The van der Waals surface area contributed by atoms with Crippen LogP contribution in [0.2, 0.25) is 0 Å². The summed E-state index contributed by atoms with van der Waals surface area (Å²) >= 11 is 1.72. The minimum Gasteiger partial charge on any atom is -0.261 e. The number of aromatic nitrogens is 2. The largest absolute Gasteiger partial charge is 0.261 e. The van der Waals surface area contributed by atoms with Crippen molar-refractivity contribution < 1.29 is 0 Å². The maximum atomic E-state index is 4.49. The second-order valence-electron chi connectivity index (χ2n) is 3.35. The van der Waals surface area contributed by atoms with Crippen LogP contribution < -0.4 is 0 Å². The smallest absolute Gasteiger partial charge is 0.125 e. The lowest BCUT2D eigenvalue weighted by Gasteiger charge is -1.95. The third-order valence-corrected chi connectivity index (χ3v) is 3.31. The van der Waals surface area contributed by atoms with E-state index in [-0.39, 0.29) is 0 Å². The van der Waals surface area contributed by atoms with E-state index in [1.807, 2.05) is 26.1 Å². The van der Waals surface area contributed by atoms with Crippen LogP contribution in [0.1, 0.15) is 16.3 Å². The highest BCUT2D eigenvalue weighted by Crippen LogP contribution is 2.26. The molecule has 2 nitrogen and oxygen atoms in total. The second kappa shape index (κ2) is 3.50. The lowest BCUT2D eigenvalue weighted by Crippen LogP contribution is -1.82. The van der Waals surface area contributed by atoms with Crippen LogP contribution in [-0.2, 0) is 0 Å². The molecule has 0 amide bonds. The van der Waals surface area contributed by atoms with Crippen molar-refractivity contribution in [2.24, 2.45) is 0 Å². The molecule has 0 aromatic carbocycles. The molecule has 0 saturated heterocycles. The van der Waals surface area contributed by atoms with Crippen molar-refractivity contribution in [1.82, 2.24) is 9.97 Å². The van der Waals surface area contributed by atoms with Gasteiger partial charge in [-0.15, -0.1) is 11.3 Å². The average Bonchev–Trinajstić information content (AvgIpc) is 2.48. The van der Waals surface area contributed by atoms with Gasteiger partial charge in [0.15, 0.2) is 0 Å². The zero-order chi connectivity index (χ0) is 10.1. The number of pyridine rings is 1. The Kier molecular flexibility index (Phi) is 2.33. The number of hydrogen-bond donors (Lipinski definition) is 0. The van der Waals surface area contributed by atoms with Crippen LogP contribution in [-0.4, -0.2) is 9.97 Å². The number of nitrogens with zero attached hydrogens (tertiary/aromatic N) is 2. The van der Waals surface area contributed by atoms with Crippen molar-refractivity contribution in [2.45, 2.75) is 20.8 Å². The SMILES string of the molecule is Cc1ccc(-c2nc(C)c(C)s2)cn1. The van der Waals surface area contributed by atoms with Gasteiger partial charge in [-0.1, -0.05) is 0 Å². The van der Waals surface area contributed by atoms with Gasteiger partial charge in [-0.25, -0.2) is 4.98 Å². The zero-order valence-corrected chi connectivity index (χ0v) is 9.35. The lowest BCUT2D eigenvalue weighted by atomic mass is 10.3. The monoisotopic (exact) mass is 204 g/mol. The zero-order valence-electron chi connectivity index (χ0n) is 8.53. The molecule has 2 rings (SSSR count). The van der Waals surface area contributed by atoms with E-state index < -0.39 is 0 Å². The summed E-state index contributed by atoms with van der Waals surface area (Å²) < 4.78 is 0. The summed E-state index contributed by atoms with van der Waals surface area (Å²) in [6.45, 7) is 6.12. The van der Waals surface area contributed by atoms with E-state index >= 15 is 0 Å². The van der Waals surface area contributed by atoms with E-state index in [4.69, 9.17) is 0 Å². The molecule has 2 heterocycles. The lowest BCUT2D eigenvalue weighted by molar-refractivity contribution is 1.19. The van der Waals surface area contributed by atoms with Crippen molar-refractivity contribution >= 4 is 11.3 Å². The minimum atomic E-state index is 1.04. The summed E-state index contributed by atoms with van der Waals surface area (Å²) in [4.78, 5) is 10.0. The molecular weight excluding hydrogens is 192 g/mol. The van der Waals surface area contributed by atoms with Crippen LogP contribution in [0.4, 0.5) is 0 Å². The first kappa shape index (κ1) is 9.34. The highest BCUT2D eigenvalue weighted by Gasteiger charge is 2.05. The molecule has 2 aromatic heterocycles. The maximum absolute atomic E-state index is 4.49. The van der Waals surface area contributed by atoms with E-state index in [9.17, 15) is 0 Å². The number of rotatable bonds is 1. The molecule has 0 aliphatic heterocycles. The van der Waals surface area contributed by atoms with Gasteiger partial charge in [0.05, 0.1) is 5.69 Å². The first-order chi connectivity index (χ1) is 6.66. The molecule has 0 aliphatic rings. The number of hydrogen-bond acceptors (Lipinski definition) is 3. The van der Waals surface area contributed by atoms with Crippen LogP contribution in [0.25, 0.3) is 10.6 Å². The predicted octanol–water partition coefficient (Wildman–Crippen LogP) is 3.13. The maximum Gasteiger partial charge on any atom is 0.125 e. The topological polar surface area (TPSA) is 25.8 Å². The molecule has 0 radical (unpaired) electrons. The van der Waals surface area contributed by atoms with Crippen molar-refractivity contribution in [3.8, 4) is 10.6 Å². The Morgan fingerprint density at radius 3 is 2.43 bits per heavy atom. The fourth-order valence-corrected chi connectivity index (χ4v) is 2.10. The summed E-state index contributed by atoms with van der Waals surface area (Å²) in [6, 6.07) is 4.08. The highest BCUT2D eigenvalue weighted by atomic mass is 32.1. The Morgan fingerprint density at radius 2 is 1.93 bits per heavy atom. The Morgan fingerprint density at radius 1 is 1.14 bits per heavy atom. The fraction of sp³-hybridized carbons (Fsp3) is 0.273. The normalized spacial score (nSPS) is 10.5. The van der Waals surface area contributed by atoms with Gasteiger partial charge in [0.25, 0.3) is 0 Å². The highest BCUT2D eigenvalue weighted by molar-refractivity contribution is 7.15. The molecule has 0 N–H and O–H groups in total. The molecule has 0 atom stereocenters. The first-order valence-electron chi connectivity index (χ1n) is 4.54. The van der Waals surface area contributed by atoms with E-state index in [0.717, 1.165) is 22.0 Å². The van der Waals surface area contributed by atoms with E-state index in [1.165, 1.54) is 4.88 Å². The van der Waals surface area contributed by atoms with Crippen molar-refractivity contribution in [3.05, 3.63) is 34.6 Å². The van der Waals surface area contributed by atoms with Crippen LogP contribution >= 0.6 is 11.3 Å². The Labute approximate surface area is 87.7 Å². The summed E-state index contributed by atoms with van der Waals surface area (Å²) in [5.41, 5.74) is 3.26. The standard InChI is InChI=1S/C11H12N2S/c1-7-4-5-10(6-12-7)11-13-8(2)9(3)14-11/h4-6H,1-3H3. The van der Waals surface area contributed by atoms with Crippen LogP contribution in [0.15, 0.2) is 18.3 Å². The molecule has 3 heteroatoms. The molecule has 14 heavy (non-hydrogen) atoms. The van der Waals surface area contributed by atoms with Crippen LogP contribution in [0.5, 0.6) is 0 Å². The molecule has 2 aromatic rings. The molecule has 0 fully saturated rings. The van der Waals surface area contributed by atoms with Crippen molar-refractivity contribution in [1.29, 1.82) is 0 Å². The quantitative estimate of drug-likeness (QED) is 0.713. The minimum absolute atomic E-state index is 1.04. The van der Waals surface area contributed by atoms with Gasteiger partial charge in [-0.2, -0.15) is 0 Å². The van der Waals surface area contributed by atoms with Crippen molar-refractivity contribution in [3.63, 3.8) is 0 Å². The molecule has 0 unspecified atom stereocenters.